The maximum absolute atomic E-state index is 14.3. The maximum atomic E-state index is 14.3. The third kappa shape index (κ3) is 3.67. The lowest BCUT2D eigenvalue weighted by Crippen LogP contribution is -2.14. The molecule has 1 aromatic heterocycles. The highest BCUT2D eigenvalue weighted by Gasteiger charge is 2.31. The van der Waals surface area contributed by atoms with Crippen molar-refractivity contribution in [3.63, 3.8) is 0 Å². The van der Waals surface area contributed by atoms with Gasteiger partial charge in [-0.3, -0.25) is 14.2 Å². The smallest absolute Gasteiger partial charge is 0.416 e. The van der Waals surface area contributed by atoms with E-state index in [1.165, 1.54) is 27.0 Å². The van der Waals surface area contributed by atoms with Crippen LogP contribution in [0.1, 0.15) is 28.5 Å². The van der Waals surface area contributed by atoms with Crippen LogP contribution in [0.5, 0.6) is 11.5 Å². The number of hydrogen-bond donors (Lipinski definition) is 0. The Bertz CT molecular complexity index is 1110. The van der Waals surface area contributed by atoms with E-state index in [9.17, 15) is 27.2 Å². The summed E-state index contributed by atoms with van der Waals surface area (Å²) < 4.78 is 63.8. The number of carbonyl (C=O) groups is 2. The summed E-state index contributed by atoms with van der Waals surface area (Å²) in [7, 11) is 1.26. The number of carbonyl (C=O) groups excluding carboxylic acids is 2. The molecule has 0 atom stereocenters. The summed E-state index contributed by atoms with van der Waals surface area (Å²) >= 11 is 0. The van der Waals surface area contributed by atoms with E-state index in [2.05, 4.69) is 0 Å². The van der Waals surface area contributed by atoms with Gasteiger partial charge in [0.1, 0.15) is 0 Å². The fraction of sp³-hybridized carbons (Fsp3) is 0.200. The van der Waals surface area contributed by atoms with Gasteiger partial charge in [0.15, 0.2) is 17.3 Å². The van der Waals surface area contributed by atoms with E-state index in [-0.39, 0.29) is 33.7 Å². The third-order valence-electron chi connectivity index (χ3n) is 4.33. The van der Waals surface area contributed by atoms with Gasteiger partial charge in [-0.25, -0.2) is 4.39 Å². The molecule has 0 aliphatic carbocycles. The van der Waals surface area contributed by atoms with E-state index in [1.807, 2.05) is 0 Å². The predicted molar refractivity (Wildman–Crippen MR) is 95.7 cm³/mol. The molecular weight excluding hydrogens is 394 g/mol. The number of nitrogens with zero attached hydrogens (tertiary/aromatic N) is 1. The van der Waals surface area contributed by atoms with Crippen LogP contribution in [0.25, 0.3) is 10.9 Å². The van der Waals surface area contributed by atoms with E-state index in [4.69, 9.17) is 9.47 Å². The molecule has 9 heteroatoms. The van der Waals surface area contributed by atoms with Crippen LogP contribution in [0.4, 0.5) is 17.6 Å². The third-order valence-corrected chi connectivity index (χ3v) is 4.33. The minimum atomic E-state index is -4.54. The molecule has 0 N–H and O–H groups in total. The van der Waals surface area contributed by atoms with Crippen molar-refractivity contribution in [1.82, 2.24) is 4.57 Å². The van der Waals surface area contributed by atoms with Gasteiger partial charge in [0.25, 0.3) is 5.91 Å². The van der Waals surface area contributed by atoms with Gasteiger partial charge >= 0.3 is 12.1 Å². The highest BCUT2D eigenvalue weighted by atomic mass is 19.4. The van der Waals surface area contributed by atoms with Crippen LogP contribution in [0.3, 0.4) is 0 Å². The van der Waals surface area contributed by atoms with Crippen molar-refractivity contribution in [1.29, 1.82) is 0 Å². The summed E-state index contributed by atoms with van der Waals surface area (Å²) in [4.78, 5) is 24.5. The van der Waals surface area contributed by atoms with Crippen molar-refractivity contribution >= 4 is 22.8 Å². The first kappa shape index (κ1) is 20.4. The number of aromatic nitrogens is 1. The summed E-state index contributed by atoms with van der Waals surface area (Å²) in [5, 5.41) is 0.246. The predicted octanol–water partition coefficient (Wildman–Crippen LogP) is 4.73. The molecule has 0 saturated carbocycles. The number of halogens is 4. The molecule has 0 amide bonds. The topological polar surface area (TPSA) is 57.5 Å². The second kappa shape index (κ2) is 7.23. The molecule has 0 aliphatic heterocycles. The molecule has 0 radical (unpaired) electrons. The first-order valence-electron chi connectivity index (χ1n) is 8.33. The lowest BCUT2D eigenvalue weighted by molar-refractivity contribution is -0.137. The molecule has 0 fully saturated rings. The first-order valence-corrected chi connectivity index (χ1v) is 8.33. The highest BCUT2D eigenvalue weighted by Crippen LogP contribution is 2.37. The molecule has 3 rings (SSSR count). The normalized spacial score (nSPS) is 11.6. The SMILES string of the molecule is COc1cc2c(OC(C)=O)c(C)n(C(=O)c3ccc(C(F)(F)F)cc3)c2cc1F. The van der Waals surface area contributed by atoms with E-state index in [0.717, 1.165) is 34.9 Å². The number of fused-ring (bicyclic) bond motifs is 1. The summed E-state index contributed by atoms with van der Waals surface area (Å²) in [6, 6.07) is 5.95. The Kier molecular flexibility index (Phi) is 5.08. The highest BCUT2D eigenvalue weighted by molar-refractivity contribution is 6.05. The van der Waals surface area contributed by atoms with Gasteiger partial charge in [-0.15, -0.1) is 0 Å². The Morgan fingerprint density at radius 3 is 2.21 bits per heavy atom. The zero-order valence-corrected chi connectivity index (χ0v) is 15.6. The maximum Gasteiger partial charge on any atom is 0.416 e. The van der Waals surface area contributed by atoms with Crippen LogP contribution in [-0.4, -0.2) is 23.6 Å². The van der Waals surface area contributed by atoms with E-state index in [1.54, 1.807) is 0 Å². The van der Waals surface area contributed by atoms with Gasteiger partial charge in [0, 0.05) is 23.9 Å². The molecule has 3 aromatic rings. The van der Waals surface area contributed by atoms with Gasteiger partial charge in [-0.1, -0.05) is 0 Å². The number of rotatable bonds is 3. The minimum absolute atomic E-state index is 0.0334. The molecule has 2 aromatic carbocycles. The number of hydrogen-bond acceptors (Lipinski definition) is 4. The standard InChI is InChI=1S/C20H15F4NO4/c1-10-18(29-11(2)26)14-8-17(28-3)15(21)9-16(14)25(10)19(27)12-4-6-13(7-5-12)20(22,23)24/h4-9H,1-3H3. The molecular formula is C20H15F4NO4. The molecule has 0 bridgehead atoms. The van der Waals surface area contributed by atoms with Crippen LogP contribution >= 0.6 is 0 Å². The van der Waals surface area contributed by atoms with Gasteiger partial charge in [-0.05, 0) is 37.3 Å². The number of esters is 1. The summed E-state index contributed by atoms with van der Waals surface area (Å²) in [6.07, 6.45) is -4.54. The number of alkyl halides is 3. The average Bonchev–Trinajstić information content (AvgIpc) is 2.90. The van der Waals surface area contributed by atoms with Gasteiger partial charge < -0.3 is 9.47 Å². The summed E-state index contributed by atoms with van der Waals surface area (Å²) in [6.45, 7) is 2.64. The van der Waals surface area contributed by atoms with Crippen molar-refractivity contribution in [3.05, 3.63) is 59.0 Å². The first-order chi connectivity index (χ1) is 13.5. The molecule has 0 aliphatic rings. The Hall–Kier alpha value is -3.36. The molecule has 5 nitrogen and oxygen atoms in total. The van der Waals surface area contributed by atoms with Crippen molar-refractivity contribution in [3.8, 4) is 11.5 Å². The molecule has 152 valence electrons. The molecule has 1 heterocycles. The van der Waals surface area contributed by atoms with E-state index >= 15 is 0 Å². The average molecular weight is 409 g/mol. The monoisotopic (exact) mass is 409 g/mol. The zero-order chi connectivity index (χ0) is 21.5. The fourth-order valence-electron chi connectivity index (χ4n) is 3.01. The Morgan fingerprint density at radius 2 is 1.69 bits per heavy atom. The zero-order valence-electron chi connectivity index (χ0n) is 15.6. The van der Waals surface area contributed by atoms with E-state index in [0.29, 0.717) is 0 Å². The van der Waals surface area contributed by atoms with Gasteiger partial charge in [-0.2, -0.15) is 13.2 Å². The van der Waals surface area contributed by atoms with Gasteiger partial charge in [0.2, 0.25) is 0 Å². The van der Waals surface area contributed by atoms with Crippen LogP contribution in [0, 0.1) is 12.7 Å². The van der Waals surface area contributed by atoms with Crippen molar-refractivity contribution in [2.24, 2.45) is 0 Å². The Labute approximate surface area is 162 Å². The number of ether oxygens (including phenoxy) is 2. The quantitative estimate of drug-likeness (QED) is 0.464. The van der Waals surface area contributed by atoms with Crippen molar-refractivity contribution in [2.75, 3.05) is 7.11 Å². The Morgan fingerprint density at radius 1 is 1.07 bits per heavy atom. The molecule has 0 unspecified atom stereocenters. The van der Waals surface area contributed by atoms with Crippen LogP contribution in [-0.2, 0) is 11.0 Å². The summed E-state index contributed by atoms with van der Waals surface area (Å²) in [5.74, 6) is -2.20. The Balaban J connectivity index is 2.20. The van der Waals surface area contributed by atoms with Crippen LogP contribution in [0.15, 0.2) is 36.4 Å². The van der Waals surface area contributed by atoms with Gasteiger partial charge in [0.05, 0.1) is 23.9 Å². The largest absolute Gasteiger partial charge is 0.494 e. The van der Waals surface area contributed by atoms with Crippen LogP contribution in [0.2, 0.25) is 0 Å². The second-order valence-corrected chi connectivity index (χ2v) is 6.23. The van der Waals surface area contributed by atoms with Crippen molar-refractivity contribution in [2.45, 2.75) is 20.0 Å². The molecule has 0 spiro atoms. The number of benzene rings is 2. The fourth-order valence-corrected chi connectivity index (χ4v) is 3.01. The summed E-state index contributed by atoms with van der Waals surface area (Å²) in [5.41, 5.74) is -0.683. The molecule has 29 heavy (non-hydrogen) atoms. The number of methoxy groups -OCH3 is 1. The van der Waals surface area contributed by atoms with E-state index < -0.39 is 29.4 Å². The lowest BCUT2D eigenvalue weighted by Gasteiger charge is -2.10. The van der Waals surface area contributed by atoms with Crippen molar-refractivity contribution < 1.29 is 36.6 Å². The van der Waals surface area contributed by atoms with Crippen LogP contribution < -0.4 is 9.47 Å². The minimum Gasteiger partial charge on any atom is -0.494 e. The lowest BCUT2D eigenvalue weighted by atomic mass is 10.1. The second-order valence-electron chi connectivity index (χ2n) is 6.23. The molecule has 0 saturated heterocycles.